The molecular weight excluding hydrogens is 479 g/mol. The molecule has 0 spiro atoms. The highest BCUT2D eigenvalue weighted by atomic mass is 35.5. The van der Waals surface area contributed by atoms with Crippen molar-refractivity contribution < 1.29 is 17.9 Å². The number of hydrogen-bond donors (Lipinski definition) is 0. The highest BCUT2D eigenvalue weighted by Gasteiger charge is 2.29. The minimum absolute atomic E-state index is 0.166. The first-order chi connectivity index (χ1) is 15.7. The van der Waals surface area contributed by atoms with Gasteiger partial charge in [0.2, 0.25) is 0 Å². The monoisotopic (exact) mass is 493 g/mol. The summed E-state index contributed by atoms with van der Waals surface area (Å²) in [6, 6.07) is 8.21. The fourth-order valence-corrected chi connectivity index (χ4v) is 5.29. The van der Waals surface area contributed by atoms with Crippen LogP contribution in [0, 0.1) is 0 Å². The first-order valence-corrected chi connectivity index (χ1v) is 11.1. The van der Waals surface area contributed by atoms with Crippen LogP contribution in [0.2, 0.25) is 5.02 Å². The Morgan fingerprint density at radius 2 is 1.97 bits per heavy atom. The Kier molecular flexibility index (Phi) is 5.29. The molecule has 6 nitrogen and oxygen atoms in total. The number of thiophene rings is 1. The number of rotatable bonds is 4. The van der Waals surface area contributed by atoms with Crippen LogP contribution in [0.15, 0.2) is 52.3 Å². The molecular formula is C22H15ClF3N3O3S. The van der Waals surface area contributed by atoms with E-state index in [1.165, 1.54) is 11.3 Å². The molecule has 0 atom stereocenters. The van der Waals surface area contributed by atoms with Gasteiger partial charge in [0, 0.05) is 45.9 Å². The Morgan fingerprint density at radius 1 is 1.15 bits per heavy atom. The summed E-state index contributed by atoms with van der Waals surface area (Å²) in [7, 11) is 0. The van der Waals surface area contributed by atoms with Gasteiger partial charge in [-0.3, -0.25) is 18.9 Å². The largest absolute Gasteiger partial charge is 0.492 e. The Labute approximate surface area is 193 Å². The summed E-state index contributed by atoms with van der Waals surface area (Å²) in [5, 5.41) is 0.581. The summed E-state index contributed by atoms with van der Waals surface area (Å²) in [5.41, 5.74) is 1.61. The van der Waals surface area contributed by atoms with E-state index in [0.29, 0.717) is 26.6 Å². The van der Waals surface area contributed by atoms with Crippen molar-refractivity contribution in [3.05, 3.63) is 79.0 Å². The van der Waals surface area contributed by atoms with Crippen LogP contribution in [0.25, 0.3) is 21.3 Å². The number of alkyl halides is 3. The fraction of sp³-hybridized carbons (Fsp3) is 0.227. The summed E-state index contributed by atoms with van der Waals surface area (Å²) in [6.07, 6.45) is -1.32. The SMILES string of the molecule is O=c1ccn(CC(F)(F)F)c(=O)n1Cc1cc2nccc(-c3cc(Cl)cc4c3OCC4)c2s1. The quantitative estimate of drug-likeness (QED) is 0.420. The van der Waals surface area contributed by atoms with E-state index in [4.69, 9.17) is 16.3 Å². The molecule has 0 radical (unpaired) electrons. The Bertz CT molecular complexity index is 1510. The molecule has 11 heteroatoms. The third kappa shape index (κ3) is 4.16. The molecule has 0 fully saturated rings. The smallest absolute Gasteiger partial charge is 0.406 e. The second kappa shape index (κ2) is 8.03. The maximum absolute atomic E-state index is 12.8. The van der Waals surface area contributed by atoms with Crippen LogP contribution in [0.1, 0.15) is 10.4 Å². The van der Waals surface area contributed by atoms with Gasteiger partial charge in [-0.25, -0.2) is 4.79 Å². The van der Waals surface area contributed by atoms with E-state index in [-0.39, 0.29) is 6.54 Å². The second-order valence-electron chi connectivity index (χ2n) is 7.59. The predicted octanol–water partition coefficient (Wildman–Crippen LogP) is 4.49. The van der Waals surface area contributed by atoms with Crippen molar-refractivity contribution in [1.82, 2.24) is 14.1 Å². The third-order valence-electron chi connectivity index (χ3n) is 5.30. The molecule has 1 aromatic carbocycles. The Hall–Kier alpha value is -3.11. The zero-order valence-corrected chi connectivity index (χ0v) is 18.4. The standard InChI is InChI=1S/C22H15ClF3N3O3S/c23-13-7-12-3-6-32-19(12)16(8-13)15-1-4-27-17-9-14(33-20(15)17)10-29-18(30)2-5-28(21(29)31)11-22(24,25)26/h1-2,4-5,7-9H,3,6,10-11H2. The van der Waals surface area contributed by atoms with Gasteiger partial charge in [-0.05, 0) is 29.8 Å². The highest BCUT2D eigenvalue weighted by Crippen LogP contribution is 2.43. The number of aromatic nitrogens is 3. The van der Waals surface area contributed by atoms with Crippen molar-refractivity contribution in [2.45, 2.75) is 25.7 Å². The average molecular weight is 494 g/mol. The van der Waals surface area contributed by atoms with Gasteiger partial charge in [0.25, 0.3) is 5.56 Å². The number of hydrogen-bond acceptors (Lipinski definition) is 5. The maximum Gasteiger partial charge on any atom is 0.406 e. The van der Waals surface area contributed by atoms with E-state index < -0.39 is 24.0 Å². The minimum Gasteiger partial charge on any atom is -0.492 e. The third-order valence-corrected chi connectivity index (χ3v) is 6.67. The van der Waals surface area contributed by atoms with Gasteiger partial charge in [0.1, 0.15) is 12.3 Å². The van der Waals surface area contributed by atoms with Crippen LogP contribution in [0.3, 0.4) is 0 Å². The van der Waals surface area contributed by atoms with E-state index in [9.17, 15) is 22.8 Å². The highest BCUT2D eigenvalue weighted by molar-refractivity contribution is 7.19. The number of ether oxygens (including phenoxy) is 1. The van der Waals surface area contributed by atoms with Gasteiger partial charge in [-0.15, -0.1) is 11.3 Å². The molecule has 0 unspecified atom stereocenters. The number of pyridine rings is 1. The van der Waals surface area contributed by atoms with Crippen LogP contribution in [0.4, 0.5) is 13.2 Å². The molecule has 0 aliphatic carbocycles. The van der Waals surface area contributed by atoms with Crippen LogP contribution >= 0.6 is 22.9 Å². The van der Waals surface area contributed by atoms with E-state index in [1.807, 2.05) is 18.2 Å². The second-order valence-corrected chi connectivity index (χ2v) is 9.16. The van der Waals surface area contributed by atoms with E-state index in [1.54, 1.807) is 12.3 Å². The van der Waals surface area contributed by atoms with Crippen molar-refractivity contribution in [2.24, 2.45) is 0 Å². The molecule has 33 heavy (non-hydrogen) atoms. The molecule has 0 saturated carbocycles. The van der Waals surface area contributed by atoms with Crippen molar-refractivity contribution >= 4 is 33.2 Å². The predicted molar refractivity (Wildman–Crippen MR) is 119 cm³/mol. The van der Waals surface area contributed by atoms with Gasteiger partial charge in [-0.2, -0.15) is 13.2 Å². The summed E-state index contributed by atoms with van der Waals surface area (Å²) in [4.78, 5) is 29.8. The molecule has 4 aromatic rings. The molecule has 1 aliphatic rings. The fourth-order valence-electron chi connectivity index (χ4n) is 3.92. The van der Waals surface area contributed by atoms with Crippen molar-refractivity contribution in [3.8, 4) is 16.9 Å². The lowest BCUT2D eigenvalue weighted by Gasteiger charge is -2.11. The molecule has 0 bridgehead atoms. The maximum atomic E-state index is 12.8. The molecule has 0 saturated heterocycles. The van der Waals surface area contributed by atoms with Gasteiger partial charge in [0.15, 0.2) is 0 Å². The lowest BCUT2D eigenvalue weighted by Crippen LogP contribution is -2.41. The van der Waals surface area contributed by atoms with Crippen molar-refractivity contribution in [3.63, 3.8) is 0 Å². The summed E-state index contributed by atoms with van der Waals surface area (Å²) >= 11 is 7.62. The number of benzene rings is 1. The first-order valence-electron chi connectivity index (χ1n) is 9.90. The molecule has 170 valence electrons. The van der Waals surface area contributed by atoms with Crippen LogP contribution < -0.4 is 16.0 Å². The molecule has 0 N–H and O–H groups in total. The Morgan fingerprint density at radius 3 is 2.76 bits per heavy atom. The summed E-state index contributed by atoms with van der Waals surface area (Å²) in [6.45, 7) is -1.07. The molecule has 4 heterocycles. The molecule has 0 amide bonds. The van der Waals surface area contributed by atoms with Gasteiger partial charge >= 0.3 is 11.9 Å². The number of fused-ring (bicyclic) bond motifs is 2. The minimum atomic E-state index is -4.58. The zero-order valence-electron chi connectivity index (χ0n) is 16.9. The van der Waals surface area contributed by atoms with Crippen LogP contribution in [0.5, 0.6) is 5.75 Å². The molecule has 5 rings (SSSR count). The average Bonchev–Trinajstić information content (AvgIpc) is 3.38. The molecule has 3 aromatic heterocycles. The normalized spacial score (nSPS) is 13.3. The van der Waals surface area contributed by atoms with Crippen molar-refractivity contribution in [1.29, 1.82) is 0 Å². The number of nitrogens with zero attached hydrogens (tertiary/aromatic N) is 3. The lowest BCUT2D eigenvalue weighted by molar-refractivity contribution is -0.141. The zero-order chi connectivity index (χ0) is 23.3. The van der Waals surface area contributed by atoms with E-state index in [2.05, 4.69) is 4.98 Å². The van der Waals surface area contributed by atoms with Crippen molar-refractivity contribution in [2.75, 3.05) is 6.61 Å². The lowest BCUT2D eigenvalue weighted by atomic mass is 10.0. The topological polar surface area (TPSA) is 66.1 Å². The van der Waals surface area contributed by atoms with Gasteiger partial charge in [0.05, 0.1) is 23.4 Å². The molecule has 1 aliphatic heterocycles. The Balaban J connectivity index is 1.58. The van der Waals surface area contributed by atoms with E-state index in [0.717, 1.165) is 50.4 Å². The van der Waals surface area contributed by atoms with Crippen LogP contribution in [-0.2, 0) is 19.5 Å². The van der Waals surface area contributed by atoms with Gasteiger partial charge in [-0.1, -0.05) is 11.6 Å². The first kappa shape index (κ1) is 21.7. The number of halogens is 4. The van der Waals surface area contributed by atoms with E-state index >= 15 is 0 Å². The summed E-state index contributed by atoms with van der Waals surface area (Å²) in [5.74, 6) is 0.760. The summed E-state index contributed by atoms with van der Waals surface area (Å²) < 4.78 is 46.2. The van der Waals surface area contributed by atoms with Gasteiger partial charge < -0.3 is 4.74 Å². The van der Waals surface area contributed by atoms with Crippen LogP contribution in [-0.4, -0.2) is 26.9 Å².